The molecule has 0 radical (unpaired) electrons. The molecular formula is C12H15NO2. The Labute approximate surface area is 89.8 Å². The highest BCUT2D eigenvalue weighted by Crippen LogP contribution is 2.08. The monoisotopic (exact) mass is 205 g/mol. The molecule has 1 amide bonds. The number of amides is 1. The normalized spacial score (nSPS) is 9.67. The van der Waals surface area contributed by atoms with Crippen LogP contribution in [0.15, 0.2) is 42.5 Å². The topological polar surface area (TPSA) is 38.3 Å². The van der Waals surface area contributed by atoms with Gasteiger partial charge in [0.1, 0.15) is 0 Å². The fourth-order valence-electron chi connectivity index (χ4n) is 1.08. The van der Waals surface area contributed by atoms with Crippen LogP contribution >= 0.6 is 0 Å². The maximum absolute atomic E-state index is 11.6. The van der Waals surface area contributed by atoms with E-state index in [2.05, 4.69) is 11.9 Å². The Balaban J connectivity index is 2.45. The quantitative estimate of drug-likeness (QED) is 0.748. The van der Waals surface area contributed by atoms with E-state index in [0.717, 1.165) is 5.69 Å². The Morgan fingerprint density at radius 2 is 2.07 bits per heavy atom. The molecule has 15 heavy (non-hydrogen) atoms. The fraction of sp³-hybridized carbons (Fsp3) is 0.250. The number of carbonyl (C=O) groups is 1. The molecule has 0 bridgehead atoms. The lowest BCUT2D eigenvalue weighted by Gasteiger charge is -2.06. The zero-order chi connectivity index (χ0) is 11.1. The average Bonchev–Trinajstić information content (AvgIpc) is 2.27. The lowest BCUT2D eigenvalue weighted by molar-refractivity contribution is -0.113. The van der Waals surface area contributed by atoms with Gasteiger partial charge in [0.2, 0.25) is 0 Å². The number of ether oxygens (including phenoxy) is 1. The number of rotatable bonds is 5. The predicted octanol–water partition coefficient (Wildman–Crippen LogP) is 2.22. The highest BCUT2D eigenvalue weighted by molar-refractivity contribution is 6.03. The molecule has 0 aliphatic carbocycles. The minimum Gasteiger partial charge on any atom is -0.384 e. The van der Waals surface area contributed by atoms with Crippen molar-refractivity contribution in [3.05, 3.63) is 42.5 Å². The molecule has 1 rings (SSSR count). The predicted molar refractivity (Wildman–Crippen MR) is 60.7 cm³/mol. The maximum atomic E-state index is 11.6. The summed E-state index contributed by atoms with van der Waals surface area (Å²) >= 11 is 0. The minimum absolute atomic E-state index is 0.154. The van der Waals surface area contributed by atoms with Crippen molar-refractivity contribution in [2.24, 2.45) is 0 Å². The molecule has 3 heteroatoms. The van der Waals surface area contributed by atoms with E-state index < -0.39 is 0 Å². The molecule has 3 nitrogen and oxygen atoms in total. The molecule has 0 spiro atoms. The first kappa shape index (κ1) is 11.5. The number of para-hydroxylation sites is 1. The van der Waals surface area contributed by atoms with Crippen molar-refractivity contribution in [3.63, 3.8) is 0 Å². The number of methoxy groups -OCH3 is 1. The second-order valence-electron chi connectivity index (χ2n) is 3.17. The van der Waals surface area contributed by atoms with Crippen molar-refractivity contribution in [3.8, 4) is 0 Å². The van der Waals surface area contributed by atoms with Crippen LogP contribution in [-0.2, 0) is 9.53 Å². The summed E-state index contributed by atoms with van der Waals surface area (Å²) in [5, 5.41) is 2.76. The van der Waals surface area contributed by atoms with Gasteiger partial charge in [-0.05, 0) is 12.1 Å². The molecule has 1 N–H and O–H groups in total. The van der Waals surface area contributed by atoms with Crippen LogP contribution in [0.4, 0.5) is 5.69 Å². The first-order valence-electron chi connectivity index (χ1n) is 4.77. The molecule has 0 aliphatic heterocycles. The van der Waals surface area contributed by atoms with Gasteiger partial charge in [-0.2, -0.15) is 0 Å². The third-order valence-electron chi connectivity index (χ3n) is 1.96. The van der Waals surface area contributed by atoms with Gasteiger partial charge in [0.15, 0.2) is 0 Å². The molecule has 0 saturated carbocycles. The Kier molecular flexibility index (Phi) is 4.57. The van der Waals surface area contributed by atoms with Gasteiger partial charge in [0.05, 0.1) is 6.61 Å². The SMILES string of the molecule is C=C(CCOC)C(=O)Nc1ccccc1. The van der Waals surface area contributed by atoms with Crippen LogP contribution in [0.1, 0.15) is 6.42 Å². The van der Waals surface area contributed by atoms with E-state index >= 15 is 0 Å². The number of hydrogen-bond acceptors (Lipinski definition) is 2. The molecule has 0 aliphatic rings. The largest absolute Gasteiger partial charge is 0.384 e. The molecule has 0 heterocycles. The van der Waals surface area contributed by atoms with Crippen molar-refractivity contribution in [2.45, 2.75) is 6.42 Å². The summed E-state index contributed by atoms with van der Waals surface area (Å²) < 4.78 is 4.87. The maximum Gasteiger partial charge on any atom is 0.251 e. The van der Waals surface area contributed by atoms with Crippen molar-refractivity contribution >= 4 is 11.6 Å². The molecule has 0 unspecified atom stereocenters. The fourth-order valence-corrected chi connectivity index (χ4v) is 1.08. The summed E-state index contributed by atoms with van der Waals surface area (Å²) in [6, 6.07) is 9.31. The first-order chi connectivity index (χ1) is 7.24. The van der Waals surface area contributed by atoms with Gasteiger partial charge in [-0.1, -0.05) is 24.8 Å². The standard InChI is InChI=1S/C12H15NO2/c1-10(8-9-15-2)12(14)13-11-6-4-3-5-7-11/h3-7H,1,8-9H2,2H3,(H,13,14). The van der Waals surface area contributed by atoms with Gasteiger partial charge >= 0.3 is 0 Å². The third kappa shape index (κ3) is 3.95. The van der Waals surface area contributed by atoms with E-state index in [1.807, 2.05) is 30.3 Å². The van der Waals surface area contributed by atoms with Crippen molar-refractivity contribution in [1.29, 1.82) is 0 Å². The minimum atomic E-state index is -0.154. The van der Waals surface area contributed by atoms with Crippen molar-refractivity contribution in [1.82, 2.24) is 0 Å². The summed E-state index contributed by atoms with van der Waals surface area (Å²) in [6.07, 6.45) is 0.551. The van der Waals surface area contributed by atoms with E-state index in [-0.39, 0.29) is 5.91 Å². The van der Waals surface area contributed by atoms with Crippen LogP contribution in [-0.4, -0.2) is 19.6 Å². The zero-order valence-electron chi connectivity index (χ0n) is 8.82. The third-order valence-corrected chi connectivity index (χ3v) is 1.96. The van der Waals surface area contributed by atoms with Crippen LogP contribution in [0.5, 0.6) is 0 Å². The van der Waals surface area contributed by atoms with Crippen LogP contribution in [0, 0.1) is 0 Å². The van der Waals surface area contributed by atoms with Crippen LogP contribution < -0.4 is 5.32 Å². The molecule has 80 valence electrons. The lowest BCUT2D eigenvalue weighted by atomic mass is 10.2. The Hall–Kier alpha value is -1.61. The Morgan fingerprint density at radius 3 is 2.67 bits per heavy atom. The van der Waals surface area contributed by atoms with E-state index in [1.165, 1.54) is 0 Å². The number of nitrogens with one attached hydrogen (secondary N) is 1. The molecule has 1 aromatic carbocycles. The number of carbonyl (C=O) groups excluding carboxylic acids is 1. The number of hydrogen-bond donors (Lipinski definition) is 1. The number of anilines is 1. The first-order valence-corrected chi connectivity index (χ1v) is 4.77. The molecule has 0 aromatic heterocycles. The van der Waals surface area contributed by atoms with Gasteiger partial charge in [0.25, 0.3) is 5.91 Å². The summed E-state index contributed by atoms with van der Waals surface area (Å²) in [6.45, 7) is 4.21. The smallest absolute Gasteiger partial charge is 0.251 e. The summed E-state index contributed by atoms with van der Waals surface area (Å²) in [4.78, 5) is 11.6. The molecule has 0 atom stereocenters. The summed E-state index contributed by atoms with van der Waals surface area (Å²) in [5.41, 5.74) is 1.31. The van der Waals surface area contributed by atoms with Gasteiger partial charge in [-0.25, -0.2) is 0 Å². The second kappa shape index (κ2) is 5.98. The summed E-state index contributed by atoms with van der Waals surface area (Å²) in [5.74, 6) is -0.154. The van der Waals surface area contributed by atoms with Gasteiger partial charge in [-0.15, -0.1) is 0 Å². The van der Waals surface area contributed by atoms with Crippen LogP contribution in [0.25, 0.3) is 0 Å². The van der Waals surface area contributed by atoms with Gasteiger partial charge in [-0.3, -0.25) is 4.79 Å². The lowest BCUT2D eigenvalue weighted by Crippen LogP contribution is -2.14. The van der Waals surface area contributed by atoms with Gasteiger partial charge < -0.3 is 10.1 Å². The van der Waals surface area contributed by atoms with E-state index in [4.69, 9.17) is 4.74 Å². The molecule has 0 fully saturated rings. The molecular weight excluding hydrogens is 190 g/mol. The van der Waals surface area contributed by atoms with Crippen LogP contribution in [0.3, 0.4) is 0 Å². The van der Waals surface area contributed by atoms with E-state index in [9.17, 15) is 4.79 Å². The Bertz CT molecular complexity index is 333. The zero-order valence-corrected chi connectivity index (χ0v) is 8.82. The van der Waals surface area contributed by atoms with Crippen LogP contribution in [0.2, 0.25) is 0 Å². The van der Waals surface area contributed by atoms with Crippen molar-refractivity contribution < 1.29 is 9.53 Å². The average molecular weight is 205 g/mol. The van der Waals surface area contributed by atoms with Crippen molar-refractivity contribution in [2.75, 3.05) is 19.0 Å². The van der Waals surface area contributed by atoms with E-state index in [1.54, 1.807) is 7.11 Å². The molecule has 1 aromatic rings. The van der Waals surface area contributed by atoms with Gasteiger partial charge in [0, 0.05) is 24.8 Å². The second-order valence-corrected chi connectivity index (χ2v) is 3.17. The van der Waals surface area contributed by atoms with E-state index in [0.29, 0.717) is 18.6 Å². The highest BCUT2D eigenvalue weighted by atomic mass is 16.5. The Morgan fingerprint density at radius 1 is 1.40 bits per heavy atom. The molecule has 0 saturated heterocycles. The summed E-state index contributed by atoms with van der Waals surface area (Å²) in [7, 11) is 1.60. The highest BCUT2D eigenvalue weighted by Gasteiger charge is 2.06. The number of benzene rings is 1.